The van der Waals surface area contributed by atoms with Gasteiger partial charge >= 0.3 is 0 Å². The summed E-state index contributed by atoms with van der Waals surface area (Å²) in [4.78, 5) is 1.40. The molecule has 0 aromatic heterocycles. The van der Waals surface area contributed by atoms with Crippen LogP contribution in [0, 0.1) is 6.92 Å². The van der Waals surface area contributed by atoms with Gasteiger partial charge in [0, 0.05) is 20.8 Å². The highest BCUT2D eigenvalue weighted by atomic mass is 79.9. The molecule has 1 unspecified atom stereocenters. The Labute approximate surface area is 120 Å². The Morgan fingerprint density at radius 1 is 1.22 bits per heavy atom. The summed E-state index contributed by atoms with van der Waals surface area (Å²) < 4.78 is 1.16. The van der Waals surface area contributed by atoms with Crippen molar-refractivity contribution in [2.45, 2.75) is 17.9 Å². The Morgan fingerprint density at radius 3 is 2.89 bits per heavy atom. The molecule has 0 radical (unpaired) electrons. The minimum absolute atomic E-state index is 0.417. The maximum absolute atomic E-state index is 3.61. The molecule has 1 heterocycles. The molecule has 1 N–H and O–H groups in total. The molecule has 0 fully saturated rings. The predicted octanol–water partition coefficient (Wildman–Crippen LogP) is 5.02. The van der Waals surface area contributed by atoms with Crippen molar-refractivity contribution in [1.82, 2.24) is 0 Å². The molecule has 92 valence electrons. The zero-order valence-corrected chi connectivity index (χ0v) is 12.5. The van der Waals surface area contributed by atoms with Gasteiger partial charge in [-0.15, -0.1) is 11.8 Å². The van der Waals surface area contributed by atoms with Gasteiger partial charge in [0.2, 0.25) is 0 Å². The second-order valence-corrected chi connectivity index (χ2v) is 6.43. The highest BCUT2D eigenvalue weighted by molar-refractivity contribution is 9.10. The van der Waals surface area contributed by atoms with Crippen LogP contribution in [0.2, 0.25) is 0 Å². The molecule has 0 bridgehead atoms. The summed E-state index contributed by atoms with van der Waals surface area (Å²) in [6.07, 6.45) is 0. The van der Waals surface area contributed by atoms with E-state index in [9.17, 15) is 0 Å². The normalized spacial score (nSPS) is 17.6. The van der Waals surface area contributed by atoms with Gasteiger partial charge in [-0.2, -0.15) is 0 Å². The molecule has 1 nitrogen and oxygen atoms in total. The average molecular weight is 320 g/mol. The first kappa shape index (κ1) is 12.1. The van der Waals surface area contributed by atoms with Crippen LogP contribution < -0.4 is 5.32 Å². The fraction of sp³-hybridized carbons (Fsp3) is 0.200. The standard InChI is InChI=1S/C15H14BrNS/c1-10-6-7-11(8-13(10)16)17-14-9-18-15-5-3-2-4-12(14)15/h2-8,14,17H,9H2,1H3. The van der Waals surface area contributed by atoms with Crippen molar-refractivity contribution >= 4 is 33.4 Å². The van der Waals surface area contributed by atoms with Crippen LogP contribution in [-0.4, -0.2) is 5.75 Å². The van der Waals surface area contributed by atoms with Gasteiger partial charge < -0.3 is 5.32 Å². The summed E-state index contributed by atoms with van der Waals surface area (Å²) in [6.45, 7) is 2.11. The van der Waals surface area contributed by atoms with E-state index in [0.717, 1.165) is 10.2 Å². The first-order valence-corrected chi connectivity index (χ1v) is 7.76. The molecule has 1 aliphatic rings. The largest absolute Gasteiger partial charge is 0.377 e. The van der Waals surface area contributed by atoms with E-state index in [-0.39, 0.29) is 0 Å². The van der Waals surface area contributed by atoms with E-state index >= 15 is 0 Å². The number of aryl methyl sites for hydroxylation is 1. The summed E-state index contributed by atoms with van der Waals surface area (Å²) in [5.41, 5.74) is 3.86. The van der Waals surface area contributed by atoms with E-state index in [0.29, 0.717) is 6.04 Å². The number of fused-ring (bicyclic) bond motifs is 1. The van der Waals surface area contributed by atoms with Crippen LogP contribution in [0.1, 0.15) is 17.2 Å². The Balaban J connectivity index is 1.84. The van der Waals surface area contributed by atoms with E-state index in [2.05, 4.69) is 70.6 Å². The molecule has 0 saturated carbocycles. The highest BCUT2D eigenvalue weighted by Crippen LogP contribution is 2.39. The first-order valence-electron chi connectivity index (χ1n) is 5.98. The lowest BCUT2D eigenvalue weighted by molar-refractivity contribution is 0.900. The summed E-state index contributed by atoms with van der Waals surface area (Å²) >= 11 is 5.51. The van der Waals surface area contributed by atoms with Crippen LogP contribution in [0.15, 0.2) is 51.8 Å². The fourth-order valence-corrected chi connectivity index (χ4v) is 3.71. The van der Waals surface area contributed by atoms with Crippen molar-refractivity contribution in [3.8, 4) is 0 Å². The molecule has 0 spiro atoms. The molecule has 0 amide bonds. The third-order valence-corrected chi connectivity index (χ3v) is 5.25. The Kier molecular flexibility index (Phi) is 3.35. The maximum Gasteiger partial charge on any atom is 0.0618 e. The average Bonchev–Trinajstić information content (AvgIpc) is 2.78. The highest BCUT2D eigenvalue weighted by Gasteiger charge is 2.22. The van der Waals surface area contributed by atoms with E-state index in [1.54, 1.807) is 0 Å². The summed E-state index contributed by atoms with van der Waals surface area (Å²) in [5, 5.41) is 3.61. The smallest absolute Gasteiger partial charge is 0.0618 e. The van der Waals surface area contributed by atoms with E-state index in [1.807, 2.05) is 11.8 Å². The van der Waals surface area contributed by atoms with Gasteiger partial charge in [-0.1, -0.05) is 40.2 Å². The molecule has 0 aliphatic carbocycles. The van der Waals surface area contributed by atoms with Gasteiger partial charge in [0.05, 0.1) is 6.04 Å². The monoisotopic (exact) mass is 319 g/mol. The van der Waals surface area contributed by atoms with E-state index in [4.69, 9.17) is 0 Å². The number of halogens is 1. The Morgan fingerprint density at radius 2 is 2.06 bits per heavy atom. The predicted molar refractivity (Wildman–Crippen MR) is 82.4 cm³/mol. The molecule has 18 heavy (non-hydrogen) atoms. The quantitative estimate of drug-likeness (QED) is 0.834. The van der Waals surface area contributed by atoms with Crippen LogP contribution in [0.5, 0.6) is 0 Å². The number of thioether (sulfide) groups is 1. The number of nitrogens with one attached hydrogen (secondary N) is 1. The Bertz CT molecular complexity index is 582. The van der Waals surface area contributed by atoms with Crippen molar-refractivity contribution in [2.75, 3.05) is 11.1 Å². The zero-order chi connectivity index (χ0) is 12.5. The molecule has 2 aromatic rings. The van der Waals surface area contributed by atoms with Gasteiger partial charge in [0.15, 0.2) is 0 Å². The lowest BCUT2D eigenvalue weighted by Crippen LogP contribution is -2.09. The molecule has 0 saturated heterocycles. The van der Waals surface area contributed by atoms with E-state index < -0.39 is 0 Å². The molecule has 3 heteroatoms. The van der Waals surface area contributed by atoms with Crippen LogP contribution in [0.25, 0.3) is 0 Å². The lowest BCUT2D eigenvalue weighted by atomic mass is 10.1. The SMILES string of the molecule is Cc1ccc(NC2CSc3ccccc32)cc1Br. The minimum atomic E-state index is 0.417. The van der Waals surface area contributed by atoms with Crippen molar-refractivity contribution in [3.05, 3.63) is 58.1 Å². The second-order valence-electron chi connectivity index (χ2n) is 4.51. The van der Waals surface area contributed by atoms with Gasteiger partial charge in [-0.05, 0) is 36.2 Å². The fourth-order valence-electron chi connectivity index (χ4n) is 2.17. The third-order valence-electron chi connectivity index (χ3n) is 3.21. The number of hydrogen-bond donors (Lipinski definition) is 1. The zero-order valence-electron chi connectivity index (χ0n) is 10.1. The van der Waals surface area contributed by atoms with Crippen molar-refractivity contribution in [3.63, 3.8) is 0 Å². The molecule has 1 atom stereocenters. The summed E-state index contributed by atoms with van der Waals surface area (Å²) in [7, 11) is 0. The van der Waals surface area contributed by atoms with Gasteiger partial charge in [0.25, 0.3) is 0 Å². The Hall–Kier alpha value is -0.930. The van der Waals surface area contributed by atoms with Crippen LogP contribution >= 0.6 is 27.7 Å². The van der Waals surface area contributed by atoms with Crippen LogP contribution in [0.3, 0.4) is 0 Å². The van der Waals surface area contributed by atoms with Crippen molar-refractivity contribution in [1.29, 1.82) is 0 Å². The topological polar surface area (TPSA) is 12.0 Å². The number of benzene rings is 2. The molecular formula is C15H14BrNS. The number of anilines is 1. The van der Waals surface area contributed by atoms with Gasteiger partial charge in [-0.25, -0.2) is 0 Å². The molecule has 3 rings (SSSR count). The maximum atomic E-state index is 3.61. The van der Waals surface area contributed by atoms with Crippen LogP contribution in [0.4, 0.5) is 5.69 Å². The van der Waals surface area contributed by atoms with Crippen LogP contribution in [-0.2, 0) is 0 Å². The lowest BCUT2D eigenvalue weighted by Gasteiger charge is -2.15. The number of rotatable bonds is 2. The third kappa shape index (κ3) is 2.29. The van der Waals surface area contributed by atoms with Crippen molar-refractivity contribution < 1.29 is 0 Å². The summed E-state index contributed by atoms with van der Waals surface area (Å²) in [5.74, 6) is 1.10. The van der Waals surface area contributed by atoms with Gasteiger partial charge in [0.1, 0.15) is 0 Å². The molecular weight excluding hydrogens is 306 g/mol. The first-order chi connectivity index (χ1) is 8.74. The summed E-state index contributed by atoms with van der Waals surface area (Å²) in [6, 6.07) is 15.5. The van der Waals surface area contributed by atoms with Gasteiger partial charge in [-0.3, -0.25) is 0 Å². The van der Waals surface area contributed by atoms with Crippen molar-refractivity contribution in [2.24, 2.45) is 0 Å². The molecule has 2 aromatic carbocycles. The van der Waals surface area contributed by atoms with E-state index in [1.165, 1.54) is 21.7 Å². The minimum Gasteiger partial charge on any atom is -0.377 e. The molecule has 1 aliphatic heterocycles. The number of hydrogen-bond acceptors (Lipinski definition) is 2. The second kappa shape index (κ2) is 4.98.